The van der Waals surface area contributed by atoms with E-state index in [-0.39, 0.29) is 35.1 Å². The van der Waals surface area contributed by atoms with Gasteiger partial charge in [0.2, 0.25) is 17.7 Å². The SMILES string of the molecule is CNC(=O)C1CCN(C(=O)C2CC(=O)N(C(C)(C)C)C2)CC1. The van der Waals surface area contributed by atoms with Gasteiger partial charge in [0.15, 0.2) is 0 Å². The van der Waals surface area contributed by atoms with Crippen LogP contribution in [0.4, 0.5) is 0 Å². The van der Waals surface area contributed by atoms with Crippen LogP contribution in [-0.4, -0.2) is 59.7 Å². The summed E-state index contributed by atoms with van der Waals surface area (Å²) < 4.78 is 0. The van der Waals surface area contributed by atoms with Crippen molar-refractivity contribution in [1.29, 1.82) is 0 Å². The predicted octanol–water partition coefficient (Wildman–Crippen LogP) is 0.618. The molecule has 6 heteroatoms. The minimum atomic E-state index is -0.238. The molecule has 1 N–H and O–H groups in total. The number of carbonyl (C=O) groups is 3. The molecule has 0 aromatic carbocycles. The van der Waals surface area contributed by atoms with Crippen molar-refractivity contribution >= 4 is 17.7 Å². The molecule has 2 aliphatic heterocycles. The number of hydrogen-bond donors (Lipinski definition) is 1. The van der Waals surface area contributed by atoms with Gasteiger partial charge in [0, 0.05) is 44.6 Å². The molecule has 0 aromatic heterocycles. The fraction of sp³-hybridized carbons (Fsp3) is 0.812. The van der Waals surface area contributed by atoms with Gasteiger partial charge in [-0.05, 0) is 33.6 Å². The third-order valence-corrected chi connectivity index (χ3v) is 4.71. The molecule has 0 saturated carbocycles. The third kappa shape index (κ3) is 3.42. The Hall–Kier alpha value is -1.59. The van der Waals surface area contributed by atoms with E-state index in [0.717, 1.165) is 0 Å². The quantitative estimate of drug-likeness (QED) is 0.813. The molecule has 2 rings (SSSR count). The monoisotopic (exact) mass is 309 g/mol. The first-order valence-corrected chi connectivity index (χ1v) is 8.05. The molecule has 0 aliphatic carbocycles. The van der Waals surface area contributed by atoms with E-state index >= 15 is 0 Å². The van der Waals surface area contributed by atoms with Crippen molar-refractivity contribution in [2.75, 3.05) is 26.7 Å². The number of likely N-dealkylation sites (tertiary alicyclic amines) is 2. The van der Waals surface area contributed by atoms with Crippen LogP contribution in [0.25, 0.3) is 0 Å². The second-order valence-electron chi connectivity index (χ2n) is 7.29. The highest BCUT2D eigenvalue weighted by atomic mass is 16.2. The zero-order chi connectivity index (χ0) is 16.5. The van der Waals surface area contributed by atoms with E-state index in [4.69, 9.17) is 0 Å². The average Bonchev–Trinajstić information content (AvgIpc) is 2.88. The Morgan fingerprint density at radius 1 is 1.14 bits per heavy atom. The van der Waals surface area contributed by atoms with Crippen molar-refractivity contribution in [1.82, 2.24) is 15.1 Å². The number of carbonyl (C=O) groups excluding carboxylic acids is 3. The van der Waals surface area contributed by atoms with Crippen molar-refractivity contribution < 1.29 is 14.4 Å². The zero-order valence-electron chi connectivity index (χ0n) is 14.0. The van der Waals surface area contributed by atoms with Gasteiger partial charge in [-0.25, -0.2) is 0 Å². The molecule has 2 fully saturated rings. The van der Waals surface area contributed by atoms with Crippen LogP contribution in [0, 0.1) is 11.8 Å². The Labute approximate surface area is 132 Å². The molecule has 0 spiro atoms. The Kier molecular flexibility index (Phi) is 4.78. The lowest BCUT2D eigenvalue weighted by atomic mass is 9.94. The van der Waals surface area contributed by atoms with Crippen LogP contribution in [-0.2, 0) is 14.4 Å². The molecular weight excluding hydrogens is 282 g/mol. The molecule has 2 saturated heterocycles. The Bertz CT molecular complexity index is 462. The summed E-state index contributed by atoms with van der Waals surface area (Å²) in [5.74, 6) is -0.0442. The smallest absolute Gasteiger partial charge is 0.227 e. The van der Waals surface area contributed by atoms with Gasteiger partial charge in [-0.2, -0.15) is 0 Å². The van der Waals surface area contributed by atoms with Gasteiger partial charge in [0.1, 0.15) is 0 Å². The number of nitrogens with one attached hydrogen (secondary N) is 1. The zero-order valence-corrected chi connectivity index (χ0v) is 14.0. The molecule has 1 unspecified atom stereocenters. The van der Waals surface area contributed by atoms with Gasteiger partial charge in [-0.1, -0.05) is 0 Å². The van der Waals surface area contributed by atoms with Gasteiger partial charge >= 0.3 is 0 Å². The summed E-state index contributed by atoms with van der Waals surface area (Å²) in [7, 11) is 1.64. The molecule has 1 atom stereocenters. The van der Waals surface area contributed by atoms with Crippen LogP contribution >= 0.6 is 0 Å². The molecule has 0 radical (unpaired) electrons. The first kappa shape index (κ1) is 16.8. The summed E-state index contributed by atoms with van der Waals surface area (Å²) in [5, 5.41) is 2.67. The van der Waals surface area contributed by atoms with Gasteiger partial charge in [-0.3, -0.25) is 14.4 Å². The standard InChI is InChI=1S/C16H27N3O3/c1-16(2,3)19-10-12(9-13(19)20)15(22)18-7-5-11(6-8-18)14(21)17-4/h11-12H,5-10H2,1-4H3,(H,17,21). The molecule has 22 heavy (non-hydrogen) atoms. The van der Waals surface area contributed by atoms with E-state index in [1.165, 1.54) is 0 Å². The lowest BCUT2D eigenvalue weighted by Gasteiger charge is -2.34. The highest BCUT2D eigenvalue weighted by molar-refractivity contribution is 5.89. The van der Waals surface area contributed by atoms with E-state index in [1.807, 2.05) is 25.7 Å². The highest BCUT2D eigenvalue weighted by Gasteiger charge is 2.41. The van der Waals surface area contributed by atoms with E-state index < -0.39 is 0 Å². The van der Waals surface area contributed by atoms with Crippen molar-refractivity contribution in [3.63, 3.8) is 0 Å². The maximum atomic E-state index is 12.6. The molecule has 2 aliphatic rings. The maximum absolute atomic E-state index is 12.6. The summed E-state index contributed by atoms with van der Waals surface area (Å²) in [6.07, 6.45) is 1.72. The first-order chi connectivity index (χ1) is 10.2. The van der Waals surface area contributed by atoms with Crippen molar-refractivity contribution in [2.24, 2.45) is 11.8 Å². The maximum Gasteiger partial charge on any atom is 0.227 e. The van der Waals surface area contributed by atoms with Crippen LogP contribution in [0.15, 0.2) is 0 Å². The first-order valence-electron chi connectivity index (χ1n) is 8.05. The number of piperidine rings is 1. The molecule has 0 bridgehead atoms. The normalized spacial score (nSPS) is 23.8. The summed E-state index contributed by atoms with van der Waals surface area (Å²) in [5.41, 5.74) is -0.238. The fourth-order valence-electron chi connectivity index (χ4n) is 3.35. The van der Waals surface area contributed by atoms with Crippen molar-refractivity contribution in [3.8, 4) is 0 Å². The molecule has 6 nitrogen and oxygen atoms in total. The predicted molar refractivity (Wildman–Crippen MR) is 82.9 cm³/mol. The second kappa shape index (κ2) is 6.26. The van der Waals surface area contributed by atoms with E-state index in [0.29, 0.717) is 38.9 Å². The third-order valence-electron chi connectivity index (χ3n) is 4.71. The molecule has 3 amide bonds. The Morgan fingerprint density at radius 3 is 2.18 bits per heavy atom. The van der Waals surface area contributed by atoms with Gasteiger partial charge in [0.25, 0.3) is 0 Å². The van der Waals surface area contributed by atoms with E-state index in [9.17, 15) is 14.4 Å². The van der Waals surface area contributed by atoms with Gasteiger partial charge < -0.3 is 15.1 Å². The lowest BCUT2D eigenvalue weighted by molar-refractivity contribution is -0.139. The van der Waals surface area contributed by atoms with Crippen molar-refractivity contribution in [2.45, 2.75) is 45.6 Å². The summed E-state index contributed by atoms with van der Waals surface area (Å²) in [6.45, 7) is 7.70. The molecule has 2 heterocycles. The van der Waals surface area contributed by atoms with Crippen molar-refractivity contribution in [3.05, 3.63) is 0 Å². The Morgan fingerprint density at radius 2 is 1.73 bits per heavy atom. The van der Waals surface area contributed by atoms with E-state index in [2.05, 4.69) is 5.32 Å². The number of hydrogen-bond acceptors (Lipinski definition) is 3. The topological polar surface area (TPSA) is 69.7 Å². The van der Waals surface area contributed by atoms with Crippen LogP contribution in [0.5, 0.6) is 0 Å². The van der Waals surface area contributed by atoms with Gasteiger partial charge in [-0.15, -0.1) is 0 Å². The largest absolute Gasteiger partial charge is 0.359 e. The van der Waals surface area contributed by atoms with Crippen LogP contribution in [0.2, 0.25) is 0 Å². The van der Waals surface area contributed by atoms with Crippen LogP contribution in [0.1, 0.15) is 40.0 Å². The second-order valence-corrected chi connectivity index (χ2v) is 7.29. The fourth-order valence-corrected chi connectivity index (χ4v) is 3.35. The minimum absolute atomic E-state index is 0.00494. The minimum Gasteiger partial charge on any atom is -0.359 e. The van der Waals surface area contributed by atoms with E-state index in [1.54, 1.807) is 11.9 Å². The molecule has 0 aromatic rings. The number of amides is 3. The van der Waals surface area contributed by atoms with Gasteiger partial charge in [0.05, 0.1) is 5.92 Å². The van der Waals surface area contributed by atoms with Crippen LogP contribution in [0.3, 0.4) is 0 Å². The Balaban J connectivity index is 1.91. The van der Waals surface area contributed by atoms with Crippen LogP contribution < -0.4 is 5.32 Å². The summed E-state index contributed by atoms with van der Waals surface area (Å²) >= 11 is 0. The lowest BCUT2D eigenvalue weighted by Crippen LogP contribution is -2.46. The average molecular weight is 309 g/mol. The highest BCUT2D eigenvalue weighted by Crippen LogP contribution is 2.28. The summed E-state index contributed by atoms with van der Waals surface area (Å²) in [6, 6.07) is 0. The number of nitrogens with zero attached hydrogens (tertiary/aromatic N) is 2. The summed E-state index contributed by atoms with van der Waals surface area (Å²) in [4.78, 5) is 40.0. The number of rotatable bonds is 2. The molecule has 124 valence electrons. The molecular formula is C16H27N3O3.